The summed E-state index contributed by atoms with van der Waals surface area (Å²) in [7, 11) is 0. The largest absolute Gasteiger partial charge is 0.288 e. The molecule has 0 aromatic heterocycles. The summed E-state index contributed by atoms with van der Waals surface area (Å²) in [5, 5.41) is 0.240. The van der Waals surface area contributed by atoms with Crippen LogP contribution >= 0.6 is 11.8 Å². The van der Waals surface area contributed by atoms with E-state index in [1.165, 1.54) is 56.7 Å². The van der Waals surface area contributed by atoms with Gasteiger partial charge in [0.1, 0.15) is 0 Å². The highest BCUT2D eigenvalue weighted by molar-refractivity contribution is 8.13. The third-order valence-electron chi connectivity index (χ3n) is 2.27. The van der Waals surface area contributed by atoms with Crippen molar-refractivity contribution in [1.29, 1.82) is 0 Å². The van der Waals surface area contributed by atoms with Gasteiger partial charge in [-0.1, -0.05) is 43.9 Å². The van der Waals surface area contributed by atoms with E-state index in [9.17, 15) is 4.79 Å². The number of unbranched alkanes of at least 4 members (excludes halogenated alkanes) is 7. The molecule has 0 aromatic carbocycles. The predicted octanol–water partition coefficient (Wildman–Crippen LogP) is 4.02. The number of carbonyl (C=O) groups is 1. The molecular formula is C13H22OS. The molecule has 0 heterocycles. The zero-order chi connectivity index (χ0) is 11.4. The molecule has 0 spiro atoms. The van der Waals surface area contributed by atoms with E-state index in [0.29, 0.717) is 0 Å². The lowest BCUT2D eigenvalue weighted by atomic mass is 10.1. The number of rotatable bonds is 9. The smallest absolute Gasteiger partial charge is 0.185 e. The van der Waals surface area contributed by atoms with Gasteiger partial charge in [0.05, 0.1) is 0 Å². The van der Waals surface area contributed by atoms with Crippen LogP contribution in [0.15, 0.2) is 0 Å². The first-order valence-corrected chi connectivity index (χ1v) is 6.82. The minimum absolute atomic E-state index is 0.240. The second-order valence-electron chi connectivity index (χ2n) is 3.77. The third kappa shape index (κ3) is 13.6. The fourth-order valence-corrected chi connectivity index (χ4v) is 2.06. The van der Waals surface area contributed by atoms with Crippen LogP contribution in [0.3, 0.4) is 0 Å². The summed E-state index contributed by atoms with van der Waals surface area (Å²) >= 11 is 1.45. The summed E-state index contributed by atoms with van der Waals surface area (Å²) in [6.07, 6.45) is 14.9. The summed E-state index contributed by atoms with van der Waals surface area (Å²) in [5.74, 6) is 3.65. The van der Waals surface area contributed by atoms with Gasteiger partial charge in [-0.25, -0.2) is 0 Å². The Morgan fingerprint density at radius 3 is 2.13 bits per heavy atom. The van der Waals surface area contributed by atoms with Crippen molar-refractivity contribution in [3.63, 3.8) is 0 Å². The Labute approximate surface area is 98.4 Å². The summed E-state index contributed by atoms with van der Waals surface area (Å²) < 4.78 is 0. The molecule has 0 aliphatic heterocycles. The average molecular weight is 226 g/mol. The molecule has 0 aliphatic carbocycles. The zero-order valence-electron chi connectivity index (χ0n) is 9.76. The molecule has 0 unspecified atom stereocenters. The van der Waals surface area contributed by atoms with Crippen molar-refractivity contribution >= 4 is 16.9 Å². The van der Waals surface area contributed by atoms with Gasteiger partial charge >= 0.3 is 0 Å². The molecule has 0 aliphatic rings. The number of hydrogen-bond donors (Lipinski definition) is 0. The number of carbonyl (C=O) groups excluding carboxylic acids is 1. The monoisotopic (exact) mass is 226 g/mol. The lowest BCUT2D eigenvalue weighted by Gasteiger charge is -2.00. The predicted molar refractivity (Wildman–Crippen MR) is 68.9 cm³/mol. The van der Waals surface area contributed by atoms with Crippen molar-refractivity contribution in [2.45, 2.75) is 58.3 Å². The molecule has 0 bridgehead atoms. The fourth-order valence-electron chi connectivity index (χ4n) is 1.43. The molecule has 0 radical (unpaired) electrons. The van der Waals surface area contributed by atoms with Gasteiger partial charge in [-0.3, -0.25) is 4.79 Å². The summed E-state index contributed by atoms with van der Waals surface area (Å²) in [6, 6.07) is 0. The van der Waals surface area contributed by atoms with Gasteiger partial charge in [0.25, 0.3) is 0 Å². The lowest BCUT2D eigenvalue weighted by molar-refractivity contribution is -0.109. The van der Waals surface area contributed by atoms with Crippen LogP contribution < -0.4 is 0 Å². The SMILES string of the molecule is C#CCCCCCCCCCSC(C)=O. The summed E-state index contributed by atoms with van der Waals surface area (Å²) in [5.41, 5.74) is 0. The molecule has 15 heavy (non-hydrogen) atoms. The van der Waals surface area contributed by atoms with E-state index in [1.807, 2.05) is 0 Å². The Morgan fingerprint density at radius 2 is 1.60 bits per heavy atom. The molecular weight excluding hydrogens is 204 g/mol. The Kier molecular flexibility index (Phi) is 11.3. The van der Waals surface area contributed by atoms with Gasteiger partial charge in [-0.2, -0.15) is 0 Å². The maximum atomic E-state index is 10.6. The number of thioether (sulfide) groups is 1. The van der Waals surface area contributed by atoms with Crippen LogP contribution in [0.4, 0.5) is 0 Å². The van der Waals surface area contributed by atoms with Crippen LogP contribution in [0.2, 0.25) is 0 Å². The number of terminal acetylenes is 1. The molecule has 0 aromatic rings. The van der Waals surface area contributed by atoms with Crippen LogP contribution in [0, 0.1) is 12.3 Å². The van der Waals surface area contributed by atoms with Crippen molar-refractivity contribution < 1.29 is 4.79 Å². The van der Waals surface area contributed by atoms with Crippen molar-refractivity contribution in [1.82, 2.24) is 0 Å². The second-order valence-corrected chi connectivity index (χ2v) is 5.04. The lowest BCUT2D eigenvalue weighted by Crippen LogP contribution is -1.87. The summed E-state index contributed by atoms with van der Waals surface area (Å²) in [6.45, 7) is 1.64. The molecule has 0 atom stereocenters. The quantitative estimate of drug-likeness (QED) is 0.436. The van der Waals surface area contributed by atoms with Gasteiger partial charge in [0.2, 0.25) is 0 Å². The van der Waals surface area contributed by atoms with E-state index in [4.69, 9.17) is 6.42 Å². The topological polar surface area (TPSA) is 17.1 Å². The minimum atomic E-state index is 0.240. The van der Waals surface area contributed by atoms with Crippen molar-refractivity contribution in [2.24, 2.45) is 0 Å². The number of hydrogen-bond acceptors (Lipinski definition) is 2. The van der Waals surface area contributed by atoms with Gasteiger partial charge in [0.15, 0.2) is 5.12 Å². The Hall–Kier alpha value is -0.420. The maximum Gasteiger partial charge on any atom is 0.185 e. The molecule has 0 N–H and O–H groups in total. The third-order valence-corrected chi connectivity index (χ3v) is 3.17. The molecule has 2 heteroatoms. The van der Waals surface area contributed by atoms with Crippen molar-refractivity contribution in [3.05, 3.63) is 0 Å². The van der Waals surface area contributed by atoms with Crippen molar-refractivity contribution in [2.75, 3.05) is 5.75 Å². The highest BCUT2D eigenvalue weighted by atomic mass is 32.2. The molecule has 0 saturated carbocycles. The minimum Gasteiger partial charge on any atom is -0.288 e. The van der Waals surface area contributed by atoms with Crippen LogP contribution in [-0.4, -0.2) is 10.9 Å². The second kappa shape index (κ2) is 11.7. The van der Waals surface area contributed by atoms with E-state index >= 15 is 0 Å². The highest BCUT2D eigenvalue weighted by Gasteiger charge is 1.94. The molecule has 0 rings (SSSR count). The highest BCUT2D eigenvalue weighted by Crippen LogP contribution is 2.11. The van der Waals surface area contributed by atoms with Crippen LogP contribution in [0.5, 0.6) is 0 Å². The van der Waals surface area contributed by atoms with Gasteiger partial charge < -0.3 is 0 Å². The van der Waals surface area contributed by atoms with Crippen LogP contribution in [-0.2, 0) is 4.79 Å². The van der Waals surface area contributed by atoms with E-state index in [0.717, 1.165) is 12.2 Å². The first-order chi connectivity index (χ1) is 7.27. The Bertz CT molecular complexity index is 193. The Balaban J connectivity index is 2.93. The molecule has 1 nitrogen and oxygen atoms in total. The van der Waals surface area contributed by atoms with Gasteiger partial charge in [0, 0.05) is 19.1 Å². The molecule has 0 amide bonds. The van der Waals surface area contributed by atoms with Crippen LogP contribution in [0.1, 0.15) is 58.3 Å². The van der Waals surface area contributed by atoms with E-state index in [-0.39, 0.29) is 5.12 Å². The zero-order valence-corrected chi connectivity index (χ0v) is 10.6. The molecule has 0 fully saturated rings. The van der Waals surface area contributed by atoms with E-state index in [2.05, 4.69) is 5.92 Å². The Morgan fingerprint density at radius 1 is 1.07 bits per heavy atom. The molecule has 86 valence electrons. The van der Waals surface area contributed by atoms with Gasteiger partial charge in [-0.15, -0.1) is 12.3 Å². The fraction of sp³-hybridized carbons (Fsp3) is 0.769. The van der Waals surface area contributed by atoms with Crippen molar-refractivity contribution in [3.8, 4) is 12.3 Å². The van der Waals surface area contributed by atoms with Crippen LogP contribution in [0.25, 0.3) is 0 Å². The standard InChI is InChI=1S/C13H22OS/c1-3-4-5-6-7-8-9-10-11-12-15-13(2)14/h1H,4-12H2,2H3. The first-order valence-electron chi connectivity index (χ1n) is 5.84. The summed E-state index contributed by atoms with van der Waals surface area (Å²) in [4.78, 5) is 10.6. The first kappa shape index (κ1) is 14.6. The molecule has 0 saturated heterocycles. The van der Waals surface area contributed by atoms with E-state index < -0.39 is 0 Å². The maximum absolute atomic E-state index is 10.6. The van der Waals surface area contributed by atoms with E-state index in [1.54, 1.807) is 6.92 Å². The normalized spacial score (nSPS) is 9.87. The van der Waals surface area contributed by atoms with Gasteiger partial charge in [-0.05, 0) is 12.8 Å². The average Bonchev–Trinajstić information content (AvgIpc) is 2.20.